The number of nitrogen functional groups attached to an aromatic ring is 1. The fraction of sp³-hybridized carbons (Fsp3) is 0.333. The first kappa shape index (κ1) is 30.7. The van der Waals surface area contributed by atoms with Gasteiger partial charge in [-0.15, -0.1) is 0 Å². The van der Waals surface area contributed by atoms with Crippen molar-refractivity contribution in [3.63, 3.8) is 0 Å². The second kappa shape index (κ2) is 12.9. The molecule has 0 spiro atoms. The van der Waals surface area contributed by atoms with Gasteiger partial charge in [0.25, 0.3) is 5.91 Å². The number of halogens is 1. The Morgan fingerprint density at radius 2 is 1.98 bits per heavy atom. The normalized spacial score (nSPS) is 18.4. The lowest BCUT2D eigenvalue weighted by Gasteiger charge is -2.35. The molecule has 4 heterocycles. The number of benzene rings is 2. The molecule has 2 amide bonds. The van der Waals surface area contributed by atoms with E-state index in [1.54, 1.807) is 40.8 Å². The fourth-order valence-corrected chi connectivity index (χ4v) is 6.09. The van der Waals surface area contributed by atoms with Gasteiger partial charge in [0, 0.05) is 43.9 Å². The number of aromatic nitrogens is 4. The van der Waals surface area contributed by atoms with Crippen molar-refractivity contribution in [1.29, 1.82) is 5.26 Å². The topological polar surface area (TPSA) is 155 Å². The van der Waals surface area contributed by atoms with Gasteiger partial charge in [0.15, 0.2) is 5.65 Å². The van der Waals surface area contributed by atoms with Crippen LogP contribution in [0.5, 0.6) is 11.5 Å². The van der Waals surface area contributed by atoms with Gasteiger partial charge in [-0.1, -0.05) is 18.2 Å². The molecule has 2 saturated heterocycles. The van der Waals surface area contributed by atoms with Gasteiger partial charge in [0.2, 0.25) is 5.91 Å². The summed E-state index contributed by atoms with van der Waals surface area (Å²) in [5.41, 5.74) is 7.90. The molecule has 46 heavy (non-hydrogen) atoms. The molecule has 2 aromatic carbocycles. The van der Waals surface area contributed by atoms with Gasteiger partial charge < -0.3 is 20.7 Å². The van der Waals surface area contributed by atoms with Crippen LogP contribution in [0.25, 0.3) is 22.3 Å². The van der Waals surface area contributed by atoms with E-state index in [-0.39, 0.29) is 59.6 Å². The van der Waals surface area contributed by atoms with E-state index >= 15 is 4.39 Å². The number of piperidine rings is 1. The molecular weight excluding hydrogens is 589 g/mol. The lowest BCUT2D eigenvalue weighted by molar-refractivity contribution is -0.128. The van der Waals surface area contributed by atoms with Gasteiger partial charge in [-0.25, -0.2) is 19.0 Å². The standard InChI is InChI=1S/C33H34FN9O3/c1-20(21(2)41-14-12-37-28(44)18-41)26(16-35)33(45)42-13-6-7-22(17-42)43-32-29(31(36)38-19-39-32)30(40-43)25-11-10-24(15-27(25)34)46-23-8-4-3-5-9-23/h3-5,8-11,15,19,21-22H,6-7,12-14,17-18H2,1-2H3,(H,37,44)(H2,36,38,39)/t21-,22?/m1/s1. The minimum absolute atomic E-state index is 0.0663. The largest absolute Gasteiger partial charge is 0.457 e. The number of para-hydroxylation sites is 1. The highest BCUT2D eigenvalue weighted by Gasteiger charge is 2.32. The SMILES string of the molecule is CC(=C(C#N)C(=O)N1CCCC(n2nc(-c3ccc(Oc4ccccc4)cc3F)c3c(N)ncnc32)C1)[C@@H](C)N1CCNC(=O)C1. The van der Waals surface area contributed by atoms with Crippen LogP contribution in [-0.4, -0.2) is 80.1 Å². The van der Waals surface area contributed by atoms with E-state index in [2.05, 4.69) is 21.4 Å². The lowest BCUT2D eigenvalue weighted by atomic mass is 9.99. The number of hydrogen-bond donors (Lipinski definition) is 2. The van der Waals surface area contributed by atoms with Gasteiger partial charge in [0.1, 0.15) is 46.8 Å². The monoisotopic (exact) mass is 623 g/mol. The molecule has 2 atom stereocenters. The molecule has 13 heteroatoms. The molecule has 12 nitrogen and oxygen atoms in total. The highest BCUT2D eigenvalue weighted by molar-refractivity contribution is 5.99. The zero-order chi connectivity index (χ0) is 32.4. The predicted octanol–water partition coefficient (Wildman–Crippen LogP) is 3.83. The Kier molecular flexibility index (Phi) is 8.63. The van der Waals surface area contributed by atoms with E-state index in [1.807, 2.05) is 30.0 Å². The molecule has 0 bridgehead atoms. The quantitative estimate of drug-likeness (QED) is 0.231. The molecule has 2 aliphatic heterocycles. The Bertz CT molecular complexity index is 1870. The van der Waals surface area contributed by atoms with Crippen LogP contribution in [0.1, 0.15) is 32.7 Å². The number of carbonyl (C=O) groups excluding carboxylic acids is 2. The summed E-state index contributed by atoms with van der Waals surface area (Å²) in [5.74, 6) is 0.0609. The van der Waals surface area contributed by atoms with E-state index < -0.39 is 5.82 Å². The maximum Gasteiger partial charge on any atom is 0.264 e. The number of hydrogen-bond acceptors (Lipinski definition) is 9. The van der Waals surface area contributed by atoms with Crippen molar-refractivity contribution in [2.24, 2.45) is 0 Å². The smallest absolute Gasteiger partial charge is 0.264 e. The molecule has 0 saturated carbocycles. The van der Waals surface area contributed by atoms with Crippen LogP contribution in [0.3, 0.4) is 0 Å². The molecule has 0 radical (unpaired) electrons. The fourth-order valence-electron chi connectivity index (χ4n) is 6.09. The molecule has 0 aliphatic carbocycles. The number of nitriles is 1. The minimum atomic E-state index is -0.553. The maximum atomic E-state index is 15.6. The maximum absolute atomic E-state index is 15.6. The zero-order valence-corrected chi connectivity index (χ0v) is 25.6. The van der Waals surface area contributed by atoms with E-state index in [4.69, 9.17) is 15.6 Å². The summed E-state index contributed by atoms with van der Waals surface area (Å²) in [6.45, 7) is 5.76. The summed E-state index contributed by atoms with van der Waals surface area (Å²) >= 11 is 0. The second-order valence-corrected chi connectivity index (χ2v) is 11.5. The number of nitrogens with two attached hydrogens (primary N) is 1. The van der Waals surface area contributed by atoms with Crippen molar-refractivity contribution in [2.75, 3.05) is 38.5 Å². The van der Waals surface area contributed by atoms with Crippen molar-refractivity contribution in [3.05, 3.63) is 71.8 Å². The van der Waals surface area contributed by atoms with Crippen molar-refractivity contribution in [2.45, 2.75) is 38.8 Å². The number of fused-ring (bicyclic) bond motifs is 1. The van der Waals surface area contributed by atoms with Gasteiger partial charge in [-0.05, 0) is 56.5 Å². The van der Waals surface area contributed by atoms with Gasteiger partial charge >= 0.3 is 0 Å². The summed E-state index contributed by atoms with van der Waals surface area (Å²) in [6.07, 6.45) is 2.67. The van der Waals surface area contributed by atoms with Gasteiger partial charge in [0.05, 0.1) is 18.0 Å². The molecule has 2 aromatic heterocycles. The predicted molar refractivity (Wildman–Crippen MR) is 169 cm³/mol. The van der Waals surface area contributed by atoms with Crippen LogP contribution in [0.4, 0.5) is 10.2 Å². The first-order valence-corrected chi connectivity index (χ1v) is 15.2. The van der Waals surface area contributed by atoms with Crippen molar-refractivity contribution >= 4 is 28.7 Å². The van der Waals surface area contributed by atoms with Crippen LogP contribution in [-0.2, 0) is 9.59 Å². The van der Waals surface area contributed by atoms with Crippen LogP contribution in [0.15, 0.2) is 66.0 Å². The van der Waals surface area contributed by atoms with Gasteiger partial charge in [-0.2, -0.15) is 10.4 Å². The van der Waals surface area contributed by atoms with Gasteiger partial charge in [-0.3, -0.25) is 14.5 Å². The third-order valence-corrected chi connectivity index (χ3v) is 8.68. The number of amides is 2. The highest BCUT2D eigenvalue weighted by atomic mass is 19.1. The summed E-state index contributed by atoms with van der Waals surface area (Å²) in [5, 5.41) is 18.1. The Balaban J connectivity index is 1.28. The van der Waals surface area contributed by atoms with Crippen molar-refractivity contribution < 1.29 is 18.7 Å². The number of piperazine rings is 1. The van der Waals surface area contributed by atoms with E-state index in [1.165, 1.54) is 12.4 Å². The molecule has 4 aromatic rings. The number of ether oxygens (including phenoxy) is 1. The number of likely N-dealkylation sites (tertiary alicyclic amines) is 1. The lowest BCUT2D eigenvalue weighted by Crippen LogP contribution is -2.51. The molecule has 6 rings (SSSR count). The molecule has 2 fully saturated rings. The average molecular weight is 624 g/mol. The van der Waals surface area contributed by atoms with Crippen LogP contribution < -0.4 is 15.8 Å². The summed E-state index contributed by atoms with van der Waals surface area (Å²) < 4.78 is 23.1. The molecular formula is C33H34FN9O3. The second-order valence-electron chi connectivity index (χ2n) is 11.5. The van der Waals surface area contributed by atoms with Crippen LogP contribution in [0.2, 0.25) is 0 Å². The van der Waals surface area contributed by atoms with Crippen LogP contribution >= 0.6 is 0 Å². The zero-order valence-electron chi connectivity index (χ0n) is 25.6. The Morgan fingerprint density at radius 3 is 2.72 bits per heavy atom. The molecule has 1 unspecified atom stereocenters. The average Bonchev–Trinajstić information content (AvgIpc) is 3.46. The minimum Gasteiger partial charge on any atom is -0.457 e. The molecule has 2 aliphatic rings. The van der Waals surface area contributed by atoms with E-state index in [0.29, 0.717) is 60.6 Å². The first-order chi connectivity index (χ1) is 22.2. The number of nitrogens with zero attached hydrogens (tertiary/aromatic N) is 7. The summed E-state index contributed by atoms with van der Waals surface area (Å²) in [4.78, 5) is 37.9. The Hall–Kier alpha value is -5.35. The van der Waals surface area contributed by atoms with E-state index in [0.717, 1.165) is 0 Å². The highest BCUT2D eigenvalue weighted by Crippen LogP contribution is 2.36. The summed E-state index contributed by atoms with van der Waals surface area (Å²) in [6, 6.07) is 15.2. The Labute approximate surface area is 265 Å². The first-order valence-electron chi connectivity index (χ1n) is 15.2. The number of anilines is 1. The Morgan fingerprint density at radius 1 is 1.17 bits per heavy atom. The third-order valence-electron chi connectivity index (χ3n) is 8.68. The number of rotatable bonds is 7. The van der Waals surface area contributed by atoms with Crippen LogP contribution in [0, 0.1) is 17.1 Å². The van der Waals surface area contributed by atoms with Crippen molar-refractivity contribution in [3.8, 4) is 28.8 Å². The third kappa shape index (κ3) is 5.99. The molecule has 236 valence electrons. The number of nitrogens with one attached hydrogen (secondary N) is 1. The summed E-state index contributed by atoms with van der Waals surface area (Å²) in [7, 11) is 0. The number of carbonyl (C=O) groups is 2. The molecule has 3 N–H and O–H groups in total. The van der Waals surface area contributed by atoms with E-state index in [9.17, 15) is 14.9 Å². The van der Waals surface area contributed by atoms with Crippen molar-refractivity contribution in [1.82, 2.24) is 34.9 Å².